The summed E-state index contributed by atoms with van der Waals surface area (Å²) in [5.41, 5.74) is 4.06. The SMILES string of the molecule is CC(=O)C1CC/C(C)=C\CC/C=C(/C)CC=C1C. The van der Waals surface area contributed by atoms with Crippen molar-refractivity contribution in [3.05, 3.63) is 34.9 Å². The Kier molecular flexibility index (Phi) is 6.11. The molecule has 0 amide bonds. The first-order valence-corrected chi connectivity index (χ1v) is 6.99. The van der Waals surface area contributed by atoms with Gasteiger partial charge in [-0.15, -0.1) is 0 Å². The molecule has 100 valence electrons. The van der Waals surface area contributed by atoms with E-state index < -0.39 is 0 Å². The van der Waals surface area contributed by atoms with Crippen LogP contribution in [-0.4, -0.2) is 5.78 Å². The summed E-state index contributed by atoms with van der Waals surface area (Å²) >= 11 is 0. The van der Waals surface area contributed by atoms with Crippen LogP contribution in [0, 0.1) is 5.92 Å². The maximum Gasteiger partial charge on any atom is 0.136 e. The van der Waals surface area contributed by atoms with Crippen LogP contribution in [0.3, 0.4) is 0 Å². The molecule has 0 aromatic carbocycles. The number of hydrogen-bond acceptors (Lipinski definition) is 1. The molecule has 1 heteroatoms. The molecule has 1 aliphatic carbocycles. The number of hydrogen-bond donors (Lipinski definition) is 0. The average Bonchev–Trinajstić information content (AvgIpc) is 2.30. The summed E-state index contributed by atoms with van der Waals surface area (Å²) in [4.78, 5) is 11.7. The average molecular weight is 246 g/mol. The second-order valence-corrected chi connectivity index (χ2v) is 5.53. The van der Waals surface area contributed by atoms with Crippen LogP contribution in [-0.2, 0) is 4.79 Å². The van der Waals surface area contributed by atoms with E-state index in [1.807, 2.05) is 0 Å². The Morgan fingerprint density at radius 2 is 1.67 bits per heavy atom. The minimum atomic E-state index is 0.112. The molecule has 0 N–H and O–H groups in total. The highest BCUT2D eigenvalue weighted by molar-refractivity contribution is 5.81. The molecule has 0 aromatic rings. The highest BCUT2D eigenvalue weighted by Gasteiger charge is 2.16. The smallest absolute Gasteiger partial charge is 0.136 e. The molecule has 0 fully saturated rings. The lowest BCUT2D eigenvalue weighted by molar-refractivity contribution is -0.119. The molecule has 0 spiro atoms. The van der Waals surface area contributed by atoms with Crippen LogP contribution in [0.2, 0.25) is 0 Å². The third kappa shape index (κ3) is 5.03. The van der Waals surface area contributed by atoms with Gasteiger partial charge in [0.2, 0.25) is 0 Å². The number of carbonyl (C=O) groups is 1. The van der Waals surface area contributed by atoms with Crippen LogP contribution in [0.4, 0.5) is 0 Å². The van der Waals surface area contributed by atoms with E-state index in [1.165, 1.54) is 16.7 Å². The minimum absolute atomic E-state index is 0.112. The van der Waals surface area contributed by atoms with Gasteiger partial charge in [0.25, 0.3) is 0 Å². The van der Waals surface area contributed by atoms with Crippen LogP contribution in [0.15, 0.2) is 34.9 Å². The third-order valence-electron chi connectivity index (χ3n) is 3.77. The molecule has 1 atom stereocenters. The number of ketones is 1. The van der Waals surface area contributed by atoms with E-state index >= 15 is 0 Å². The summed E-state index contributed by atoms with van der Waals surface area (Å²) in [5.74, 6) is 0.413. The number of rotatable bonds is 1. The molecule has 0 radical (unpaired) electrons. The van der Waals surface area contributed by atoms with E-state index in [2.05, 4.69) is 39.0 Å². The van der Waals surface area contributed by atoms with Crippen molar-refractivity contribution < 1.29 is 4.79 Å². The molecule has 0 aliphatic heterocycles. The first kappa shape index (κ1) is 14.9. The van der Waals surface area contributed by atoms with E-state index in [9.17, 15) is 4.79 Å². The van der Waals surface area contributed by atoms with Crippen LogP contribution in [0.1, 0.15) is 59.8 Å². The summed E-state index contributed by atoms with van der Waals surface area (Å²) < 4.78 is 0. The molecule has 1 nitrogen and oxygen atoms in total. The second-order valence-electron chi connectivity index (χ2n) is 5.53. The quantitative estimate of drug-likeness (QED) is 0.595. The number of carbonyl (C=O) groups excluding carboxylic acids is 1. The van der Waals surface area contributed by atoms with Crippen molar-refractivity contribution in [1.29, 1.82) is 0 Å². The second kappa shape index (κ2) is 7.35. The fraction of sp³-hybridized carbons (Fsp3) is 0.588. The lowest BCUT2D eigenvalue weighted by Crippen LogP contribution is -2.12. The van der Waals surface area contributed by atoms with Crippen molar-refractivity contribution in [3.8, 4) is 0 Å². The van der Waals surface area contributed by atoms with E-state index in [1.54, 1.807) is 6.92 Å². The van der Waals surface area contributed by atoms with E-state index in [4.69, 9.17) is 0 Å². The fourth-order valence-corrected chi connectivity index (χ4v) is 2.43. The van der Waals surface area contributed by atoms with Crippen molar-refractivity contribution in [2.24, 2.45) is 5.92 Å². The lowest BCUT2D eigenvalue weighted by Gasteiger charge is -2.16. The van der Waals surface area contributed by atoms with Gasteiger partial charge in [-0.25, -0.2) is 0 Å². The van der Waals surface area contributed by atoms with E-state index in [0.29, 0.717) is 5.78 Å². The molecule has 1 unspecified atom stereocenters. The van der Waals surface area contributed by atoms with Gasteiger partial charge < -0.3 is 0 Å². The zero-order valence-electron chi connectivity index (χ0n) is 12.3. The molecule has 0 aromatic heterocycles. The molecule has 0 heterocycles. The molecule has 1 aliphatic rings. The number of allylic oxidation sites excluding steroid dienone is 6. The van der Waals surface area contributed by atoms with Crippen molar-refractivity contribution in [1.82, 2.24) is 0 Å². The molecular formula is C17H26O. The summed E-state index contributed by atoms with van der Waals surface area (Å²) in [6, 6.07) is 0. The van der Waals surface area contributed by atoms with Gasteiger partial charge in [0, 0.05) is 5.92 Å². The van der Waals surface area contributed by atoms with Gasteiger partial charge in [-0.05, 0) is 59.8 Å². The van der Waals surface area contributed by atoms with Gasteiger partial charge in [0.1, 0.15) is 5.78 Å². The molecule has 1 rings (SSSR count). The monoisotopic (exact) mass is 246 g/mol. The van der Waals surface area contributed by atoms with Gasteiger partial charge in [-0.1, -0.05) is 34.9 Å². The Morgan fingerprint density at radius 1 is 1.06 bits per heavy atom. The van der Waals surface area contributed by atoms with Crippen molar-refractivity contribution in [3.63, 3.8) is 0 Å². The van der Waals surface area contributed by atoms with Gasteiger partial charge in [-0.3, -0.25) is 4.79 Å². The van der Waals surface area contributed by atoms with Crippen molar-refractivity contribution >= 4 is 5.78 Å². The topological polar surface area (TPSA) is 17.1 Å². The summed E-state index contributed by atoms with van der Waals surface area (Å²) in [5, 5.41) is 0. The van der Waals surface area contributed by atoms with Crippen molar-refractivity contribution in [2.45, 2.75) is 59.8 Å². The Hall–Kier alpha value is -1.11. The van der Waals surface area contributed by atoms with E-state index in [-0.39, 0.29) is 5.92 Å². The highest BCUT2D eigenvalue weighted by atomic mass is 16.1. The minimum Gasteiger partial charge on any atom is -0.299 e. The van der Waals surface area contributed by atoms with Gasteiger partial charge in [-0.2, -0.15) is 0 Å². The Morgan fingerprint density at radius 3 is 2.28 bits per heavy atom. The maximum atomic E-state index is 11.7. The molecule has 18 heavy (non-hydrogen) atoms. The fourth-order valence-electron chi connectivity index (χ4n) is 2.43. The summed E-state index contributed by atoms with van der Waals surface area (Å²) in [6.07, 6.45) is 12.1. The zero-order chi connectivity index (χ0) is 13.5. The van der Waals surface area contributed by atoms with Crippen LogP contribution in [0.5, 0.6) is 0 Å². The Bertz CT molecular complexity index is 382. The predicted molar refractivity (Wildman–Crippen MR) is 78.5 cm³/mol. The third-order valence-corrected chi connectivity index (χ3v) is 3.77. The van der Waals surface area contributed by atoms with Gasteiger partial charge in [0.15, 0.2) is 0 Å². The molecule has 0 bridgehead atoms. The number of Topliss-reactive ketones (excluding diaryl/α,β-unsaturated/α-hetero) is 1. The molecule has 0 saturated carbocycles. The first-order chi connectivity index (χ1) is 8.50. The Labute approximate surface area is 112 Å². The van der Waals surface area contributed by atoms with E-state index in [0.717, 1.165) is 32.1 Å². The first-order valence-electron chi connectivity index (χ1n) is 6.99. The normalized spacial score (nSPS) is 28.9. The summed E-state index contributed by atoms with van der Waals surface area (Å²) in [6.45, 7) is 8.17. The predicted octanol–water partition coefficient (Wildman–Crippen LogP) is 4.99. The zero-order valence-corrected chi connectivity index (χ0v) is 12.3. The summed E-state index contributed by atoms with van der Waals surface area (Å²) in [7, 11) is 0. The standard InChI is InChI=1S/C17H26O/c1-13-7-5-6-8-14(2)10-12-17(16(4)18)15(3)11-9-13/h7-8,11,17H,5-6,9-10,12H2,1-4H3/b13-7-,14-8-,15-11?. The largest absolute Gasteiger partial charge is 0.299 e. The highest BCUT2D eigenvalue weighted by Crippen LogP contribution is 2.23. The maximum absolute atomic E-state index is 11.7. The van der Waals surface area contributed by atoms with Crippen molar-refractivity contribution in [2.75, 3.05) is 0 Å². The van der Waals surface area contributed by atoms with Gasteiger partial charge in [0.05, 0.1) is 0 Å². The molecular weight excluding hydrogens is 220 g/mol. The van der Waals surface area contributed by atoms with Crippen LogP contribution >= 0.6 is 0 Å². The van der Waals surface area contributed by atoms with Crippen LogP contribution < -0.4 is 0 Å². The molecule has 0 saturated heterocycles. The van der Waals surface area contributed by atoms with Gasteiger partial charge >= 0.3 is 0 Å². The Balaban J connectivity index is 2.90. The van der Waals surface area contributed by atoms with Crippen LogP contribution in [0.25, 0.3) is 0 Å². The lowest BCUT2D eigenvalue weighted by atomic mass is 9.88.